The third-order valence-electron chi connectivity index (χ3n) is 3.55. The highest BCUT2D eigenvalue weighted by molar-refractivity contribution is 4.76. The van der Waals surface area contributed by atoms with Gasteiger partial charge in [0.2, 0.25) is 0 Å². The average Bonchev–Trinajstić information content (AvgIpc) is 2.34. The molecule has 1 fully saturated rings. The van der Waals surface area contributed by atoms with Crippen LogP contribution >= 0.6 is 0 Å². The molecule has 1 aliphatic rings. The minimum absolute atomic E-state index is 0.369. The molecule has 2 atom stereocenters. The number of hydrogen-bond acceptors (Lipinski definition) is 3. The smallest absolute Gasteiger partial charge is 0.0897 e. The van der Waals surface area contributed by atoms with Gasteiger partial charge in [0.25, 0.3) is 0 Å². The maximum atomic E-state index is 9.64. The van der Waals surface area contributed by atoms with Crippen LogP contribution < -0.4 is 5.32 Å². The van der Waals surface area contributed by atoms with Crippen LogP contribution in [0.2, 0.25) is 0 Å². The van der Waals surface area contributed by atoms with Crippen molar-refractivity contribution in [2.75, 3.05) is 19.8 Å². The van der Waals surface area contributed by atoms with Crippen molar-refractivity contribution in [3.63, 3.8) is 0 Å². The highest BCUT2D eigenvalue weighted by atomic mass is 16.5. The predicted molar refractivity (Wildman–Crippen MR) is 66.5 cm³/mol. The Bertz CT molecular complexity index is 169. The normalized spacial score (nSPS) is 21.9. The molecule has 1 rings (SSSR count). The summed E-state index contributed by atoms with van der Waals surface area (Å²) in [5.74, 6) is 0.799. The van der Waals surface area contributed by atoms with E-state index in [0.29, 0.717) is 25.8 Å². The number of ether oxygens (including phenoxy) is 1. The van der Waals surface area contributed by atoms with E-state index in [1.165, 1.54) is 32.1 Å². The summed E-state index contributed by atoms with van der Waals surface area (Å²) in [5.41, 5.74) is 0. The van der Waals surface area contributed by atoms with E-state index >= 15 is 0 Å². The van der Waals surface area contributed by atoms with Gasteiger partial charge in [-0.05, 0) is 32.6 Å². The van der Waals surface area contributed by atoms with Crippen molar-refractivity contribution in [2.45, 2.75) is 58.1 Å². The van der Waals surface area contributed by atoms with Gasteiger partial charge in [-0.2, -0.15) is 0 Å². The van der Waals surface area contributed by atoms with Crippen LogP contribution in [0.4, 0.5) is 0 Å². The molecule has 0 amide bonds. The second kappa shape index (κ2) is 8.04. The lowest BCUT2D eigenvalue weighted by atomic mass is 9.84. The summed E-state index contributed by atoms with van der Waals surface area (Å²) >= 11 is 0. The van der Waals surface area contributed by atoms with Gasteiger partial charge in [-0.3, -0.25) is 0 Å². The molecule has 1 aliphatic carbocycles. The Morgan fingerprint density at radius 3 is 2.62 bits per heavy atom. The van der Waals surface area contributed by atoms with Crippen LogP contribution in [-0.4, -0.2) is 37.0 Å². The molecule has 0 aromatic heterocycles. The zero-order valence-corrected chi connectivity index (χ0v) is 10.7. The maximum absolute atomic E-state index is 9.64. The number of nitrogens with one attached hydrogen (secondary N) is 1. The van der Waals surface area contributed by atoms with Crippen molar-refractivity contribution in [3.05, 3.63) is 0 Å². The van der Waals surface area contributed by atoms with E-state index in [2.05, 4.69) is 12.2 Å². The van der Waals surface area contributed by atoms with Crippen LogP contribution in [-0.2, 0) is 4.74 Å². The molecule has 2 N–H and O–H groups in total. The molecule has 0 aliphatic heterocycles. The lowest BCUT2D eigenvalue weighted by molar-refractivity contribution is 0.0401. The Morgan fingerprint density at radius 1 is 1.31 bits per heavy atom. The van der Waals surface area contributed by atoms with E-state index in [1.54, 1.807) is 0 Å². The Morgan fingerprint density at radius 2 is 2.00 bits per heavy atom. The van der Waals surface area contributed by atoms with Crippen LogP contribution in [0, 0.1) is 5.92 Å². The summed E-state index contributed by atoms with van der Waals surface area (Å²) in [6.07, 6.45) is 6.46. The van der Waals surface area contributed by atoms with Crippen LogP contribution in [0.15, 0.2) is 0 Å². The summed E-state index contributed by atoms with van der Waals surface area (Å²) in [6, 6.07) is 0.525. The Hall–Kier alpha value is -0.120. The number of hydrogen-bond donors (Lipinski definition) is 2. The first-order chi connectivity index (χ1) is 7.74. The lowest BCUT2D eigenvalue weighted by Crippen LogP contribution is -2.40. The van der Waals surface area contributed by atoms with Crippen molar-refractivity contribution in [1.82, 2.24) is 5.32 Å². The number of rotatable bonds is 7. The molecule has 0 aromatic carbocycles. The van der Waals surface area contributed by atoms with E-state index in [1.807, 2.05) is 6.92 Å². The molecule has 3 nitrogen and oxygen atoms in total. The molecule has 96 valence electrons. The zero-order valence-electron chi connectivity index (χ0n) is 10.7. The first kappa shape index (κ1) is 13.9. The average molecular weight is 229 g/mol. The quantitative estimate of drug-likeness (QED) is 0.701. The van der Waals surface area contributed by atoms with Crippen molar-refractivity contribution in [3.8, 4) is 0 Å². The fourth-order valence-electron chi connectivity index (χ4n) is 2.44. The summed E-state index contributed by atoms with van der Waals surface area (Å²) in [7, 11) is 0. The summed E-state index contributed by atoms with van der Waals surface area (Å²) in [4.78, 5) is 0. The predicted octanol–water partition coefficient (Wildman–Crippen LogP) is 1.94. The molecular weight excluding hydrogens is 202 g/mol. The third kappa shape index (κ3) is 5.28. The first-order valence-electron chi connectivity index (χ1n) is 6.73. The van der Waals surface area contributed by atoms with Crippen LogP contribution in [0.1, 0.15) is 46.0 Å². The molecule has 0 aromatic rings. The lowest BCUT2D eigenvalue weighted by Gasteiger charge is -2.29. The van der Waals surface area contributed by atoms with E-state index < -0.39 is 0 Å². The molecular formula is C13H27NO2. The molecule has 1 saturated carbocycles. The Kier molecular flexibility index (Phi) is 7.01. The highest BCUT2D eigenvalue weighted by Crippen LogP contribution is 2.26. The first-order valence-corrected chi connectivity index (χ1v) is 6.73. The van der Waals surface area contributed by atoms with Crippen molar-refractivity contribution < 1.29 is 9.84 Å². The van der Waals surface area contributed by atoms with E-state index in [9.17, 15) is 5.11 Å². The topological polar surface area (TPSA) is 41.5 Å². The van der Waals surface area contributed by atoms with Gasteiger partial charge < -0.3 is 15.2 Å². The third-order valence-corrected chi connectivity index (χ3v) is 3.55. The molecule has 0 bridgehead atoms. The SMILES string of the molecule is CCOCC(O)CNC(C)C1CCCCC1. The molecule has 2 unspecified atom stereocenters. The fourth-order valence-corrected chi connectivity index (χ4v) is 2.44. The van der Waals surface area contributed by atoms with Gasteiger partial charge in [0.1, 0.15) is 0 Å². The van der Waals surface area contributed by atoms with Gasteiger partial charge in [-0.25, -0.2) is 0 Å². The maximum Gasteiger partial charge on any atom is 0.0897 e. The highest BCUT2D eigenvalue weighted by Gasteiger charge is 2.20. The van der Waals surface area contributed by atoms with E-state index in [-0.39, 0.29) is 6.10 Å². The molecule has 0 saturated heterocycles. The van der Waals surface area contributed by atoms with Crippen molar-refractivity contribution >= 4 is 0 Å². The number of aliphatic hydroxyl groups excluding tert-OH is 1. The van der Waals surface area contributed by atoms with Crippen LogP contribution in [0.5, 0.6) is 0 Å². The second-order valence-electron chi connectivity index (χ2n) is 4.91. The fraction of sp³-hybridized carbons (Fsp3) is 1.00. The number of aliphatic hydroxyl groups is 1. The molecule has 0 radical (unpaired) electrons. The van der Waals surface area contributed by atoms with Gasteiger partial charge in [0.05, 0.1) is 12.7 Å². The van der Waals surface area contributed by atoms with E-state index in [0.717, 1.165) is 5.92 Å². The van der Waals surface area contributed by atoms with Gasteiger partial charge >= 0.3 is 0 Å². The van der Waals surface area contributed by atoms with Crippen molar-refractivity contribution in [1.29, 1.82) is 0 Å². The minimum Gasteiger partial charge on any atom is -0.389 e. The van der Waals surface area contributed by atoms with Crippen molar-refractivity contribution in [2.24, 2.45) is 5.92 Å². The molecule has 16 heavy (non-hydrogen) atoms. The summed E-state index contributed by atoms with van der Waals surface area (Å²) in [5, 5.41) is 13.1. The summed E-state index contributed by atoms with van der Waals surface area (Å²) < 4.78 is 5.18. The van der Waals surface area contributed by atoms with Gasteiger partial charge in [-0.15, -0.1) is 0 Å². The molecule has 0 spiro atoms. The Labute approximate surface area is 99.6 Å². The van der Waals surface area contributed by atoms with Gasteiger partial charge in [0, 0.05) is 19.2 Å². The largest absolute Gasteiger partial charge is 0.389 e. The second-order valence-corrected chi connectivity index (χ2v) is 4.91. The minimum atomic E-state index is -0.369. The van der Waals surface area contributed by atoms with Crippen LogP contribution in [0.3, 0.4) is 0 Å². The van der Waals surface area contributed by atoms with Crippen LogP contribution in [0.25, 0.3) is 0 Å². The van der Waals surface area contributed by atoms with E-state index in [4.69, 9.17) is 4.74 Å². The van der Waals surface area contributed by atoms with Gasteiger partial charge in [-0.1, -0.05) is 19.3 Å². The zero-order chi connectivity index (χ0) is 11.8. The molecule has 0 heterocycles. The monoisotopic (exact) mass is 229 g/mol. The summed E-state index contributed by atoms with van der Waals surface area (Å²) in [6.45, 7) is 5.96. The standard InChI is InChI=1S/C13H27NO2/c1-3-16-10-13(15)9-14-11(2)12-7-5-4-6-8-12/h11-15H,3-10H2,1-2H3. The Balaban J connectivity index is 2.10. The van der Waals surface area contributed by atoms with Gasteiger partial charge in [0.15, 0.2) is 0 Å². The molecule has 3 heteroatoms.